The van der Waals surface area contributed by atoms with Gasteiger partial charge in [-0.1, -0.05) is 60.7 Å². The van der Waals surface area contributed by atoms with Gasteiger partial charge in [0.15, 0.2) is 40.7 Å². The maximum absolute atomic E-state index is 12.9. The van der Waals surface area contributed by atoms with Gasteiger partial charge in [0.2, 0.25) is 0 Å². The van der Waals surface area contributed by atoms with E-state index in [1.54, 1.807) is 118 Å². The van der Waals surface area contributed by atoms with Gasteiger partial charge in [0.1, 0.15) is 47.4 Å². The third kappa shape index (κ3) is 27.4. The minimum absolute atomic E-state index is 0.00766. The third-order valence-electron chi connectivity index (χ3n) is 28.4. The maximum atomic E-state index is 12.9. The van der Waals surface area contributed by atoms with Crippen LogP contribution >= 0.6 is 90.7 Å². The molecule has 4 amide bonds. The van der Waals surface area contributed by atoms with Gasteiger partial charge in [-0.05, 0) is 289 Å². The molecule has 9 aromatic heterocycles. The number of benzene rings is 4. The molecular weight excluding hydrogens is 2050 g/mol. The largest absolute Gasteiger partial charge is 0.505 e. The van der Waals surface area contributed by atoms with Crippen LogP contribution in [0.15, 0.2) is 156 Å². The summed E-state index contributed by atoms with van der Waals surface area (Å²) in [5.74, 6) is -5.58. The van der Waals surface area contributed by atoms with Gasteiger partial charge in [0.05, 0.1) is 53.0 Å². The zero-order valence-electron chi connectivity index (χ0n) is 82.0. The van der Waals surface area contributed by atoms with E-state index in [4.69, 9.17) is 10.5 Å². The molecule has 4 fully saturated rings. The van der Waals surface area contributed by atoms with Gasteiger partial charge >= 0.3 is 23.9 Å². The maximum Gasteiger partial charge on any atom is 0.326 e. The number of carboxylic acids is 4. The Morgan fingerprint density at radius 1 is 0.409 bits per heavy atom. The Labute approximate surface area is 890 Å². The number of para-hydroxylation sites is 4. The van der Waals surface area contributed by atoms with E-state index in [9.17, 15) is 87.9 Å². The second-order valence-corrected chi connectivity index (χ2v) is 48.4. The number of thiophene rings is 8. The van der Waals surface area contributed by atoms with E-state index in [0.717, 1.165) is 150 Å². The number of piperidine rings is 4. The predicted octanol–water partition coefficient (Wildman–Crippen LogP) is 18.1. The lowest BCUT2D eigenvalue weighted by Crippen LogP contribution is -2.49. The highest BCUT2D eigenvalue weighted by Gasteiger charge is 2.40. The van der Waals surface area contributed by atoms with E-state index >= 15 is 0 Å². The van der Waals surface area contributed by atoms with Crippen molar-refractivity contribution in [3.8, 4) is 5.75 Å². The number of hydrogen-bond donors (Lipinski definition) is 16. The van der Waals surface area contributed by atoms with E-state index in [2.05, 4.69) is 87.1 Å². The van der Waals surface area contributed by atoms with Crippen molar-refractivity contribution in [1.29, 1.82) is 0 Å². The third-order valence-corrected chi connectivity index (χ3v) is 38.4. The number of ketones is 5. The number of carbonyl (C=O) groups excluding carboxylic acids is 9. The van der Waals surface area contributed by atoms with Crippen LogP contribution < -0.4 is 53.6 Å². The number of carbonyl (C=O) groups is 13. The van der Waals surface area contributed by atoms with Crippen molar-refractivity contribution < 1.29 is 92.6 Å². The van der Waals surface area contributed by atoms with E-state index < -0.39 is 95.6 Å². The van der Waals surface area contributed by atoms with Gasteiger partial charge in [0.25, 0.3) is 23.6 Å². The fourth-order valence-corrected chi connectivity index (χ4v) is 29.8. The second kappa shape index (κ2) is 50.7. The first-order valence-corrected chi connectivity index (χ1v) is 57.1. The number of fused-ring (bicyclic) bond motifs is 8. The number of methoxy groups -OCH3 is 1. The zero-order chi connectivity index (χ0) is 104. The highest BCUT2D eigenvalue weighted by molar-refractivity contribution is 7.40. The van der Waals surface area contributed by atoms with Gasteiger partial charge < -0.3 is 88.8 Å². The van der Waals surface area contributed by atoms with Crippen LogP contribution in [0.5, 0.6) is 5.75 Å². The van der Waals surface area contributed by atoms with Gasteiger partial charge in [0, 0.05) is 107 Å². The minimum Gasteiger partial charge on any atom is -0.505 e. The smallest absolute Gasteiger partial charge is 0.326 e. The quantitative estimate of drug-likeness (QED) is 0.0125. The second-order valence-electron chi connectivity index (χ2n) is 38.6. The summed E-state index contributed by atoms with van der Waals surface area (Å²) in [6.07, 6.45) is 18.2. The number of carboxylic acid groups (broad SMARTS) is 4. The Bertz CT molecular complexity index is 7060. The molecule has 17 N–H and O–H groups in total. The minimum atomic E-state index is -1.27. The monoisotopic (exact) mass is 2170 g/mol. The van der Waals surface area contributed by atoms with Crippen molar-refractivity contribution in [3.05, 3.63) is 207 Å². The molecule has 3 unspecified atom stereocenters. The molecular formula is C109H119N13O19S8. The van der Waals surface area contributed by atoms with Crippen LogP contribution in [-0.2, 0) is 64.0 Å². The number of ether oxygens (including phenoxy) is 1. The lowest BCUT2D eigenvalue weighted by molar-refractivity contribution is -0.142. The summed E-state index contributed by atoms with van der Waals surface area (Å²) in [5.41, 5.74) is 10.5. The fraction of sp³-hybridized carbons (Fsp3) is 0.404. The normalized spacial score (nSPS) is 17.6. The Kier molecular flexibility index (Phi) is 36.8. The van der Waals surface area contributed by atoms with Crippen molar-refractivity contribution in [2.24, 2.45) is 39.4 Å². The summed E-state index contributed by atoms with van der Waals surface area (Å²) in [6.45, 7) is 8.86. The fourth-order valence-electron chi connectivity index (χ4n) is 19.9. The number of anilines is 1. The number of H-pyrrole nitrogens is 1. The molecule has 40 heteroatoms. The van der Waals surface area contributed by atoms with Gasteiger partial charge in [-0.25, -0.2) is 29.2 Å². The summed E-state index contributed by atoms with van der Waals surface area (Å²) in [5, 5.41) is 80.1. The average Bonchev–Trinajstić information content (AvgIpc) is 1.65. The van der Waals surface area contributed by atoms with Crippen molar-refractivity contribution in [2.45, 2.75) is 196 Å². The molecule has 7 aliphatic heterocycles. The summed E-state index contributed by atoms with van der Waals surface area (Å²) < 4.78 is 9.92. The molecule has 0 saturated carbocycles. The molecule has 0 spiro atoms. The lowest BCUT2D eigenvalue weighted by atomic mass is 9.93. The lowest BCUT2D eigenvalue weighted by Gasteiger charge is -2.22. The van der Waals surface area contributed by atoms with Crippen LogP contribution in [0.1, 0.15) is 231 Å². The molecule has 782 valence electrons. The van der Waals surface area contributed by atoms with E-state index in [1.165, 1.54) is 149 Å². The molecule has 149 heavy (non-hydrogen) atoms. The van der Waals surface area contributed by atoms with Crippen LogP contribution in [0.4, 0.5) is 17.1 Å². The molecule has 7 atom stereocenters. The molecule has 4 saturated heterocycles. The standard InChI is InChI=1S/C28H31N3O5S2.C27H30N4O4S2.2C27H29N3O5S2/c1-36-25-19-4-2-3-5-20(19)30-24(25)26(33)31-21(27(34)35)8-9-22(32)23-15-17-14-18(37-28(17)38-23)7-6-16-10-12-29-13-11-16;28-23-18-3-1-2-4-19(18)30-24(23)25(33)31-20(26(34)35)7-8-21(32)22-14-16-13-17(36-27(16)37-22)6-5-15-9-11-29-12-10-15;2*31-21(22-14-16-13-17(36-27(16)37-22)6-5-15-9-11-28-12-10-15)8-7-20(26(34)35)30-25(33)23-24(32)18-3-1-2-4-19(18)29-23/h2-5,14-16,21,25,29H,6-13H2,1H3,(H,31,33)(H,34,35);1-4,13-15,20,23,29H,5-12,28H2,(H,31,33)(H,34,35);1-4,13-15,20,28-29,32H,5-12H2,(H,30,33)(H,34,35);1-4,13-15,20,23,28-29H,5-12H2,(H,30,33)(H,34,35)/t21-,25?;20-,23?;20-;20-,23?/m0000/s1. The number of rotatable bonds is 41. The Morgan fingerprint density at radius 3 is 1.11 bits per heavy atom. The number of nitrogens with two attached hydrogens (primary N) is 1. The number of Topliss-reactive ketones (excluding diaryl/α,β-unsaturated/α-hetero) is 5. The van der Waals surface area contributed by atoms with Crippen LogP contribution in [0.2, 0.25) is 0 Å². The molecule has 7 aliphatic rings. The van der Waals surface area contributed by atoms with Crippen molar-refractivity contribution in [3.63, 3.8) is 0 Å². The van der Waals surface area contributed by atoms with Crippen LogP contribution in [0.3, 0.4) is 0 Å². The molecule has 4 aromatic carbocycles. The molecule has 0 aliphatic carbocycles. The Hall–Kier alpha value is -12.1. The molecule has 0 bridgehead atoms. The van der Waals surface area contributed by atoms with E-state index in [1.807, 2.05) is 48.5 Å². The van der Waals surface area contributed by atoms with Gasteiger partial charge in [-0.3, -0.25) is 43.2 Å². The molecule has 20 rings (SSSR count). The highest BCUT2D eigenvalue weighted by atomic mass is 32.2. The van der Waals surface area contributed by atoms with Crippen molar-refractivity contribution in [1.82, 2.24) is 47.5 Å². The number of nitrogens with zero attached hydrogens (tertiary/aromatic N) is 2. The zero-order valence-corrected chi connectivity index (χ0v) is 88.6. The predicted molar refractivity (Wildman–Crippen MR) is 588 cm³/mol. The van der Waals surface area contributed by atoms with Crippen molar-refractivity contribution >= 4 is 244 Å². The number of aryl methyl sites for hydroxylation is 4. The molecule has 13 aromatic rings. The molecule has 32 nitrogen and oxygen atoms in total. The van der Waals surface area contributed by atoms with Gasteiger partial charge in [-0.2, -0.15) is 0 Å². The Balaban J connectivity index is 0.000000135. The number of aromatic nitrogens is 1. The highest BCUT2D eigenvalue weighted by Crippen LogP contribution is 2.43. The first kappa shape index (κ1) is 108. The number of aromatic hydroxyl groups is 1. The van der Waals surface area contributed by atoms with Crippen LogP contribution in [0.25, 0.3) is 48.5 Å². The average molecular weight is 2170 g/mol. The number of nitrogens with one attached hydrogen (secondary N) is 10. The number of hydrogen-bond acceptors (Lipinski definition) is 31. The number of aliphatic carboxylic acids is 4. The number of aromatic amines is 1. The van der Waals surface area contributed by atoms with E-state index in [0.29, 0.717) is 53.0 Å². The molecule has 0 radical (unpaired) electrons. The summed E-state index contributed by atoms with van der Waals surface area (Å²) in [6, 6.07) is 37.5. The first-order valence-electron chi connectivity index (χ1n) is 50.6. The number of amides is 4. The summed E-state index contributed by atoms with van der Waals surface area (Å²) >= 11 is 12.8. The SMILES string of the molecule is COC1C(C(=O)N[C@@H](CCC(=O)c2cc3cc(CCC4CCNCC4)sc3s2)C(=O)O)=Nc2ccccc21.NC1C(C(=O)N[C@@H](CCC(=O)c2cc3cc(CCC4CCNCC4)sc3s2)C(=O)O)=Nc2ccccc21.O=C(CC[C@H](NC(=O)C1Nc2ccccc2C1=O)C(=O)O)c1cc2cc(CCC3CCNCC3)sc2s1.O=C(CC[C@H](NC(=O)c1[nH]c2ccccc2c1O)C(=O)O)c1cc2cc(CCC3CCNCC3)sc2s1. The van der Waals surface area contributed by atoms with E-state index in [-0.39, 0.29) is 97.4 Å². The number of aliphatic imine (C=N–C) groups is 2. The Morgan fingerprint density at radius 2 is 0.745 bits per heavy atom. The summed E-state index contributed by atoms with van der Waals surface area (Å²) in [7, 11) is 1.48. The molecule has 16 heterocycles. The van der Waals surface area contributed by atoms with Crippen LogP contribution in [0, 0.1) is 23.7 Å². The first-order chi connectivity index (χ1) is 72.1. The van der Waals surface area contributed by atoms with Crippen LogP contribution in [-0.4, -0.2) is 208 Å². The van der Waals surface area contributed by atoms with Crippen molar-refractivity contribution in [2.75, 3.05) is 64.8 Å². The van der Waals surface area contributed by atoms with Gasteiger partial charge in [-0.15, -0.1) is 90.7 Å². The summed E-state index contributed by atoms with van der Waals surface area (Å²) in [4.78, 5) is 182. The topological polar surface area (TPSA) is 507 Å².